The average Bonchev–Trinajstić information content (AvgIpc) is 1.65. The van der Waals surface area contributed by atoms with Gasteiger partial charge in [0.05, 0.1) is 38.6 Å². The summed E-state index contributed by atoms with van der Waals surface area (Å²) in [7, 11) is 0. The summed E-state index contributed by atoms with van der Waals surface area (Å²) in [4.78, 5) is 207. The molecule has 10 atom stereocenters. The highest BCUT2D eigenvalue weighted by molar-refractivity contribution is 5.99. The molecule has 0 bridgehead atoms. The number of rotatable bonds is 47. The molecule has 11 amide bonds. The Morgan fingerprint density at radius 2 is 0.860 bits per heavy atom. The SMILES string of the molecule is CC[C@H](C)[C@H](N)C(=O)N[C@@H](CC(N)=O)C(=O)N1CCC[C@H]1C(=O)N[C@@H](CCCCNC(=O)CN1CCN(CC(=O)O)CCN(CC(=O)O)CCN(CC(=O)O)CC1)C(=O)N[C@@H](Cc1ccc(O)cc1)C(=O)N[C@@H](CCCN=C(N)N)C(=O)N[C@@H](CC(C)C)C(=O)N[C@@H](CCCN=C(N)N)C(=O)N[C@@H](Cc1ccc(O)cc1)C(N)=O. The number of hydrogen-bond acceptors (Lipinski definition) is 23. The fourth-order valence-corrected chi connectivity index (χ4v) is 12.7. The van der Waals surface area contributed by atoms with Crippen molar-refractivity contribution < 1.29 is 92.7 Å². The molecule has 2 aliphatic rings. The number of aliphatic carboxylic acids is 3. The maximum atomic E-state index is 15.2. The van der Waals surface area contributed by atoms with E-state index in [9.17, 15) is 83.1 Å². The van der Waals surface area contributed by atoms with Crippen molar-refractivity contribution in [1.29, 1.82) is 0 Å². The maximum absolute atomic E-state index is 15.2. The van der Waals surface area contributed by atoms with Crippen molar-refractivity contribution in [3.05, 3.63) is 59.7 Å². The van der Waals surface area contributed by atoms with Gasteiger partial charge in [-0.15, -0.1) is 0 Å². The summed E-state index contributed by atoms with van der Waals surface area (Å²) in [6, 6.07) is -1.43. The monoisotopic (exact) mass is 1610 g/mol. The number of carboxylic acids is 3. The second-order valence-corrected chi connectivity index (χ2v) is 29.0. The summed E-state index contributed by atoms with van der Waals surface area (Å²) in [6.45, 7) is 6.71. The number of amides is 11. The Kier molecular flexibility index (Phi) is 41.4. The molecule has 634 valence electrons. The van der Waals surface area contributed by atoms with Crippen molar-refractivity contribution in [1.82, 2.24) is 67.0 Å². The number of aliphatic imine (C=N–C) groups is 2. The Morgan fingerprint density at radius 3 is 1.28 bits per heavy atom. The molecule has 27 N–H and O–H groups in total. The quantitative estimate of drug-likeness (QED) is 0.0167. The van der Waals surface area contributed by atoms with Gasteiger partial charge < -0.3 is 113 Å². The third-order valence-corrected chi connectivity index (χ3v) is 19.2. The number of nitrogens with zero attached hydrogens (tertiary/aromatic N) is 7. The van der Waals surface area contributed by atoms with Crippen LogP contribution in [0, 0.1) is 11.8 Å². The maximum Gasteiger partial charge on any atom is 0.317 e. The average molecular weight is 1610 g/mol. The van der Waals surface area contributed by atoms with E-state index in [0.717, 1.165) is 4.90 Å². The van der Waals surface area contributed by atoms with Crippen LogP contribution in [-0.4, -0.2) is 304 Å². The summed E-state index contributed by atoms with van der Waals surface area (Å²) < 4.78 is 0. The zero-order valence-electron chi connectivity index (χ0n) is 65.3. The first kappa shape index (κ1) is 95.3. The van der Waals surface area contributed by atoms with Crippen LogP contribution in [-0.2, 0) is 80.0 Å². The lowest BCUT2D eigenvalue weighted by Gasteiger charge is -2.32. The van der Waals surface area contributed by atoms with Crippen LogP contribution in [0.15, 0.2) is 58.5 Å². The van der Waals surface area contributed by atoms with E-state index in [2.05, 4.69) is 52.5 Å². The second kappa shape index (κ2) is 49.5. The molecule has 0 radical (unpaired) electrons. The van der Waals surface area contributed by atoms with E-state index in [-0.39, 0.29) is 217 Å². The zero-order valence-corrected chi connectivity index (χ0v) is 65.3. The normalized spacial score (nSPS) is 17.0. The number of likely N-dealkylation sites (tertiary alicyclic amines) is 1. The molecule has 41 nitrogen and oxygen atoms in total. The first-order valence-electron chi connectivity index (χ1n) is 38.2. The van der Waals surface area contributed by atoms with Crippen molar-refractivity contribution in [2.45, 2.75) is 172 Å². The number of carbonyl (C=O) groups excluding carboxylic acids is 11. The van der Waals surface area contributed by atoms with Crippen LogP contribution in [0.1, 0.15) is 116 Å². The van der Waals surface area contributed by atoms with Gasteiger partial charge in [0.25, 0.3) is 0 Å². The standard InChI is InChI=1S/C73H118N22O19/c1-5-44(4)62(75)70(113)90-55(38-57(74)98)71(114)95-26-10-14-56(95)69(112)86-49(11-6-7-23-81-58(99)39-91-27-29-92(40-59(100)101)31-33-94(42-61(104)105)34-32-93(30-28-91)41-60(102)103)65(108)89-54(37-46-17-21-48(97)22-18-46)68(111)85-51(13-9-25-83-73(79)80)66(109)88-53(35-43(2)3)67(110)84-50(12-8-24-82-72(77)78)64(107)87-52(63(76)106)36-45-15-19-47(96)20-16-45/h15-22,43-44,49-56,62,96-97H,5-14,23-42,75H2,1-4H3,(H2,74,98)(H2,76,106)(H,81,99)(H,84,110)(H,85,111)(H,86,112)(H,87,107)(H,88,109)(H,89,108)(H,90,113)(H,100,101)(H,102,103)(H,104,105)(H4,77,78,82)(H4,79,80,83)/t44-,49-,50-,51-,52-,53-,54-,55-,56-,62-/m0/s1. The van der Waals surface area contributed by atoms with Crippen LogP contribution in [0.3, 0.4) is 0 Å². The Hall–Kier alpha value is -11.0. The van der Waals surface area contributed by atoms with Gasteiger partial charge >= 0.3 is 17.9 Å². The molecule has 0 unspecified atom stereocenters. The van der Waals surface area contributed by atoms with E-state index in [1.54, 1.807) is 47.3 Å². The number of carboxylic acid groups (broad SMARTS) is 3. The molecule has 0 saturated carbocycles. The van der Waals surface area contributed by atoms with E-state index < -0.39 is 144 Å². The Labute approximate surface area is 661 Å². The van der Waals surface area contributed by atoms with Crippen molar-refractivity contribution in [3.8, 4) is 11.5 Å². The van der Waals surface area contributed by atoms with Gasteiger partial charge in [0.2, 0.25) is 65.0 Å². The molecular weight excluding hydrogens is 1490 g/mol. The number of phenolic OH excluding ortho intramolecular Hbond substituents is 2. The molecule has 2 fully saturated rings. The Balaban J connectivity index is 1.72. The molecule has 2 aromatic carbocycles. The minimum Gasteiger partial charge on any atom is -0.508 e. The summed E-state index contributed by atoms with van der Waals surface area (Å²) in [5.74, 6) is -14.2. The lowest BCUT2D eigenvalue weighted by Crippen LogP contribution is -2.60. The summed E-state index contributed by atoms with van der Waals surface area (Å²) >= 11 is 0. The predicted octanol–water partition coefficient (Wildman–Crippen LogP) is -6.08. The fourth-order valence-electron chi connectivity index (χ4n) is 12.7. The van der Waals surface area contributed by atoms with E-state index in [0.29, 0.717) is 17.5 Å². The number of primary amides is 2. The first-order valence-corrected chi connectivity index (χ1v) is 38.2. The number of hydrogen-bond donors (Lipinski definition) is 20. The number of nitrogens with two attached hydrogens (primary N) is 7. The van der Waals surface area contributed by atoms with Crippen molar-refractivity contribution in [2.24, 2.45) is 62.0 Å². The smallest absolute Gasteiger partial charge is 0.317 e. The number of nitrogens with one attached hydrogen (secondary N) is 8. The van der Waals surface area contributed by atoms with Gasteiger partial charge in [-0.1, -0.05) is 58.4 Å². The Bertz CT molecular complexity index is 3570. The molecular formula is C73H118N22O19. The van der Waals surface area contributed by atoms with Gasteiger partial charge in [-0.05, 0) is 111 Å². The second-order valence-electron chi connectivity index (χ2n) is 29.0. The van der Waals surface area contributed by atoms with Crippen LogP contribution in [0.25, 0.3) is 0 Å². The molecule has 2 heterocycles. The van der Waals surface area contributed by atoms with E-state index in [1.165, 1.54) is 48.5 Å². The highest BCUT2D eigenvalue weighted by atomic mass is 16.4. The molecule has 2 saturated heterocycles. The third kappa shape index (κ3) is 36.2. The van der Waals surface area contributed by atoms with Crippen molar-refractivity contribution in [3.63, 3.8) is 0 Å². The molecule has 114 heavy (non-hydrogen) atoms. The van der Waals surface area contributed by atoms with Gasteiger partial charge in [0.15, 0.2) is 11.9 Å². The van der Waals surface area contributed by atoms with E-state index in [1.807, 2.05) is 0 Å². The highest BCUT2D eigenvalue weighted by Crippen LogP contribution is 2.22. The molecule has 41 heteroatoms. The van der Waals surface area contributed by atoms with Crippen LogP contribution in [0.4, 0.5) is 0 Å². The molecule has 0 spiro atoms. The molecule has 2 aliphatic heterocycles. The van der Waals surface area contributed by atoms with Crippen LogP contribution in [0.2, 0.25) is 0 Å². The topological polar surface area (TPSA) is 659 Å². The zero-order chi connectivity index (χ0) is 84.7. The number of guanidine groups is 2. The van der Waals surface area contributed by atoms with E-state index in [4.69, 9.17) is 40.1 Å². The van der Waals surface area contributed by atoms with Crippen molar-refractivity contribution >= 4 is 94.8 Å². The predicted molar refractivity (Wildman–Crippen MR) is 417 cm³/mol. The minimum absolute atomic E-state index is 0.0143. The molecule has 2 aromatic rings. The van der Waals surface area contributed by atoms with Gasteiger partial charge in [-0.2, -0.15) is 0 Å². The van der Waals surface area contributed by atoms with Crippen LogP contribution < -0.4 is 82.7 Å². The summed E-state index contributed by atoms with van der Waals surface area (Å²) in [6.07, 6.45) is -0.511. The molecule has 0 aliphatic carbocycles. The van der Waals surface area contributed by atoms with Gasteiger partial charge in [-0.3, -0.25) is 96.7 Å². The lowest BCUT2D eigenvalue weighted by atomic mass is 9.98. The fraction of sp³-hybridized carbons (Fsp3) is 0.616. The molecule has 0 aromatic heterocycles. The number of unbranched alkanes of at least 4 members (excludes halogenated alkanes) is 1. The first-order chi connectivity index (χ1) is 53.9. The third-order valence-electron chi connectivity index (χ3n) is 19.2. The Morgan fingerprint density at radius 1 is 0.474 bits per heavy atom. The van der Waals surface area contributed by atoms with Crippen LogP contribution in [0.5, 0.6) is 11.5 Å². The largest absolute Gasteiger partial charge is 0.508 e. The number of carbonyl (C=O) groups is 14. The van der Waals surface area contributed by atoms with Crippen LogP contribution >= 0.6 is 0 Å². The van der Waals surface area contributed by atoms with E-state index >= 15 is 9.59 Å². The van der Waals surface area contributed by atoms with Gasteiger partial charge in [0, 0.05) is 91.4 Å². The lowest BCUT2D eigenvalue weighted by molar-refractivity contribution is -0.143. The van der Waals surface area contributed by atoms with Gasteiger partial charge in [0.1, 0.15) is 59.8 Å². The summed E-state index contributed by atoms with van der Waals surface area (Å²) in [5, 5.41) is 70.7. The van der Waals surface area contributed by atoms with Crippen molar-refractivity contribution in [2.75, 3.05) is 105 Å². The molecule has 4 rings (SSSR count). The summed E-state index contributed by atoms with van der Waals surface area (Å²) in [5.41, 5.74) is 40.8. The number of aromatic hydroxyl groups is 2. The highest BCUT2D eigenvalue weighted by Gasteiger charge is 2.41. The number of benzene rings is 2. The number of phenols is 2. The minimum atomic E-state index is -1.63. The van der Waals surface area contributed by atoms with Gasteiger partial charge in [-0.25, -0.2) is 0 Å².